The van der Waals surface area contributed by atoms with E-state index in [0.717, 1.165) is 22.3 Å². The van der Waals surface area contributed by atoms with Gasteiger partial charge in [0.1, 0.15) is 23.3 Å². The van der Waals surface area contributed by atoms with E-state index in [-0.39, 0.29) is 23.6 Å². The highest BCUT2D eigenvalue weighted by Gasteiger charge is 2.29. The van der Waals surface area contributed by atoms with Crippen LogP contribution < -0.4 is 21.3 Å². The lowest BCUT2D eigenvalue weighted by atomic mass is 9.97. The van der Waals surface area contributed by atoms with Crippen LogP contribution in [0.2, 0.25) is 0 Å². The molecule has 4 N–H and O–H groups in total. The number of rotatable bonds is 5. The third kappa shape index (κ3) is 5.65. The Labute approximate surface area is 318 Å². The lowest BCUT2D eigenvalue weighted by molar-refractivity contribution is 0.0975. The van der Waals surface area contributed by atoms with Gasteiger partial charge in [0.2, 0.25) is 0 Å². The molecule has 0 radical (unpaired) electrons. The van der Waals surface area contributed by atoms with Crippen LogP contribution in [0.1, 0.15) is 63.7 Å². The summed E-state index contributed by atoms with van der Waals surface area (Å²) in [6.07, 6.45) is 0. The highest BCUT2D eigenvalue weighted by atomic mass is 16.2. The third-order valence-corrected chi connectivity index (χ3v) is 9.80. The molecule has 0 unspecified atom stereocenters. The highest BCUT2D eigenvalue weighted by molar-refractivity contribution is 6.26. The van der Waals surface area contributed by atoms with E-state index < -0.39 is 0 Å². The number of benzene rings is 6. The standard InChI is InChI=1S/C44H26N8O4/c53-41-31-10-3-1-8-29(31)37(49-41)45-25-14-16-26(17-15-25)46-39-35-20-23(12-18-33(35)43(55)51-39)24-13-19-34-36(21-24)40(52-44(34)56)48-28-7-5-6-27(22-28)47-38-30-9-2-4-11-32(30)42(54)50-38/h1-22H,(H,45,49,53)(H,46,51,55)(H,47,50,54)(H,48,52,56). The Balaban J connectivity index is 0.927. The van der Waals surface area contributed by atoms with Gasteiger partial charge in [0.25, 0.3) is 23.6 Å². The minimum atomic E-state index is -0.264. The molecule has 6 aromatic carbocycles. The number of nitrogens with one attached hydrogen (secondary N) is 4. The zero-order chi connectivity index (χ0) is 37.9. The van der Waals surface area contributed by atoms with E-state index in [1.165, 1.54) is 0 Å². The summed E-state index contributed by atoms with van der Waals surface area (Å²) in [5.74, 6) is 0.849. The average molecular weight is 731 g/mol. The SMILES string of the molecule is O=C1NC(=Nc2ccc(N=C3NC(=O)c4ccc(-c5ccc6c(c5)C(=Nc5cccc(N=C7NC(=O)c8ccccc87)c5)NC6=O)cc43)cc2)c2ccccc21. The van der Waals surface area contributed by atoms with Crippen LogP contribution in [0.15, 0.2) is 153 Å². The average Bonchev–Trinajstić information content (AvgIpc) is 3.92. The summed E-state index contributed by atoms with van der Waals surface area (Å²) < 4.78 is 0. The monoisotopic (exact) mass is 730 g/mol. The fourth-order valence-electron chi connectivity index (χ4n) is 7.08. The summed E-state index contributed by atoms with van der Waals surface area (Å²) in [6.45, 7) is 0. The molecule has 266 valence electrons. The lowest BCUT2D eigenvalue weighted by Crippen LogP contribution is -2.21. The summed E-state index contributed by atoms with van der Waals surface area (Å²) in [5.41, 5.74) is 8.92. The van der Waals surface area contributed by atoms with E-state index in [1.54, 1.807) is 54.6 Å². The second kappa shape index (κ2) is 12.8. The van der Waals surface area contributed by atoms with Gasteiger partial charge in [0, 0.05) is 22.3 Å². The number of nitrogens with zero attached hydrogens (tertiary/aromatic N) is 4. The molecule has 4 heterocycles. The van der Waals surface area contributed by atoms with E-state index in [0.29, 0.717) is 79.5 Å². The predicted octanol–water partition coefficient (Wildman–Crippen LogP) is 6.64. The zero-order valence-corrected chi connectivity index (χ0v) is 29.1. The first kappa shape index (κ1) is 32.5. The molecule has 0 saturated heterocycles. The van der Waals surface area contributed by atoms with Crippen molar-refractivity contribution < 1.29 is 19.2 Å². The van der Waals surface area contributed by atoms with Crippen molar-refractivity contribution in [3.8, 4) is 11.1 Å². The highest BCUT2D eigenvalue weighted by Crippen LogP contribution is 2.32. The Morgan fingerprint density at radius 2 is 0.625 bits per heavy atom. The van der Waals surface area contributed by atoms with E-state index in [2.05, 4.69) is 31.3 Å². The van der Waals surface area contributed by atoms with Gasteiger partial charge < -0.3 is 21.3 Å². The van der Waals surface area contributed by atoms with Gasteiger partial charge in [-0.15, -0.1) is 0 Å². The zero-order valence-electron chi connectivity index (χ0n) is 29.1. The molecule has 12 nitrogen and oxygen atoms in total. The summed E-state index contributed by atoms with van der Waals surface area (Å²) in [5, 5.41) is 11.4. The van der Waals surface area contributed by atoms with Crippen LogP contribution >= 0.6 is 0 Å². The van der Waals surface area contributed by atoms with Gasteiger partial charge in [-0.2, -0.15) is 0 Å². The molecule has 4 amide bonds. The Morgan fingerprint density at radius 1 is 0.286 bits per heavy atom. The fraction of sp³-hybridized carbons (Fsp3) is 0. The number of carbonyl (C=O) groups is 4. The molecule has 4 aliphatic rings. The van der Waals surface area contributed by atoms with Crippen molar-refractivity contribution in [3.05, 3.63) is 178 Å². The molecule has 0 saturated carbocycles. The van der Waals surface area contributed by atoms with Crippen molar-refractivity contribution in [2.75, 3.05) is 0 Å². The van der Waals surface area contributed by atoms with Crippen LogP contribution in [0.4, 0.5) is 22.7 Å². The van der Waals surface area contributed by atoms with Gasteiger partial charge in [-0.3, -0.25) is 19.2 Å². The molecule has 0 fully saturated rings. The molecule has 0 atom stereocenters. The molecular weight excluding hydrogens is 705 g/mol. The second-order valence-corrected chi connectivity index (χ2v) is 13.3. The minimum absolute atomic E-state index is 0.186. The summed E-state index contributed by atoms with van der Waals surface area (Å²) >= 11 is 0. The van der Waals surface area contributed by atoms with Crippen LogP contribution in [-0.4, -0.2) is 47.0 Å². The molecule has 0 spiro atoms. The lowest BCUT2D eigenvalue weighted by Gasteiger charge is -2.07. The quantitative estimate of drug-likeness (QED) is 0.156. The Kier molecular flexibility index (Phi) is 7.42. The maximum atomic E-state index is 13.0. The van der Waals surface area contributed by atoms with Crippen LogP contribution in [0.5, 0.6) is 0 Å². The van der Waals surface area contributed by atoms with Gasteiger partial charge in [-0.05, 0) is 90.0 Å². The van der Waals surface area contributed by atoms with Gasteiger partial charge in [0.05, 0.1) is 45.0 Å². The Morgan fingerprint density at radius 3 is 1.04 bits per heavy atom. The maximum Gasteiger partial charge on any atom is 0.257 e. The van der Waals surface area contributed by atoms with Crippen molar-refractivity contribution >= 4 is 69.7 Å². The smallest absolute Gasteiger partial charge is 0.257 e. The Bertz CT molecular complexity index is 2890. The first-order valence-electron chi connectivity index (χ1n) is 17.6. The van der Waals surface area contributed by atoms with Gasteiger partial charge in [-0.1, -0.05) is 54.6 Å². The Hall–Kier alpha value is -8.12. The third-order valence-electron chi connectivity index (χ3n) is 9.80. The molecule has 4 aliphatic heterocycles. The normalized spacial score (nSPS) is 17.8. The van der Waals surface area contributed by atoms with E-state index >= 15 is 0 Å². The van der Waals surface area contributed by atoms with Crippen molar-refractivity contribution in [3.63, 3.8) is 0 Å². The number of fused-ring (bicyclic) bond motifs is 4. The van der Waals surface area contributed by atoms with Crippen LogP contribution in [0.25, 0.3) is 11.1 Å². The maximum absolute atomic E-state index is 13.0. The number of amides is 4. The molecule has 12 heteroatoms. The van der Waals surface area contributed by atoms with Crippen molar-refractivity contribution in [1.82, 2.24) is 21.3 Å². The van der Waals surface area contributed by atoms with Crippen molar-refractivity contribution in [1.29, 1.82) is 0 Å². The summed E-state index contributed by atoms with van der Waals surface area (Å²) in [4.78, 5) is 69.5. The number of amidine groups is 4. The van der Waals surface area contributed by atoms with E-state index in [9.17, 15) is 19.2 Å². The van der Waals surface area contributed by atoms with Crippen molar-refractivity contribution in [2.45, 2.75) is 0 Å². The van der Waals surface area contributed by atoms with Crippen LogP contribution in [0.3, 0.4) is 0 Å². The van der Waals surface area contributed by atoms with Crippen LogP contribution in [-0.2, 0) is 0 Å². The molecule has 0 aromatic heterocycles. The van der Waals surface area contributed by atoms with Gasteiger partial charge in [-0.25, -0.2) is 20.0 Å². The number of carbonyl (C=O) groups excluding carboxylic acids is 4. The molecule has 0 aliphatic carbocycles. The van der Waals surface area contributed by atoms with E-state index in [1.807, 2.05) is 78.9 Å². The molecule has 0 bridgehead atoms. The predicted molar refractivity (Wildman–Crippen MR) is 212 cm³/mol. The van der Waals surface area contributed by atoms with Gasteiger partial charge in [0.15, 0.2) is 0 Å². The molecule has 56 heavy (non-hydrogen) atoms. The fourth-order valence-corrected chi connectivity index (χ4v) is 7.08. The largest absolute Gasteiger partial charge is 0.306 e. The minimum Gasteiger partial charge on any atom is -0.306 e. The molecular formula is C44H26N8O4. The molecule has 10 rings (SSSR count). The van der Waals surface area contributed by atoms with E-state index in [4.69, 9.17) is 9.98 Å². The molecule has 6 aromatic rings. The second-order valence-electron chi connectivity index (χ2n) is 13.3. The first-order chi connectivity index (χ1) is 27.3. The number of hydrogen-bond acceptors (Lipinski definition) is 8. The first-order valence-corrected chi connectivity index (χ1v) is 17.6. The summed E-state index contributed by atoms with van der Waals surface area (Å²) in [7, 11) is 0. The number of aliphatic imine (C=N–C) groups is 4. The summed E-state index contributed by atoms with van der Waals surface area (Å²) in [6, 6.07) is 40.0. The number of hydrogen-bond donors (Lipinski definition) is 4. The van der Waals surface area contributed by atoms with Crippen molar-refractivity contribution in [2.24, 2.45) is 20.0 Å². The van der Waals surface area contributed by atoms with Crippen LogP contribution in [0, 0.1) is 0 Å². The van der Waals surface area contributed by atoms with Gasteiger partial charge >= 0.3 is 0 Å². The topological polar surface area (TPSA) is 166 Å².